The molecule has 158 valence electrons. The predicted octanol–water partition coefficient (Wildman–Crippen LogP) is 3.96. The Morgan fingerprint density at radius 3 is 2.73 bits per heavy atom. The van der Waals surface area contributed by atoms with Crippen LogP contribution >= 0.6 is 0 Å². The van der Waals surface area contributed by atoms with Gasteiger partial charge in [-0.05, 0) is 68.9 Å². The predicted molar refractivity (Wildman–Crippen MR) is 121 cm³/mol. The monoisotopic (exact) mass is 406 g/mol. The fraction of sp³-hybridized carbons (Fsp3) is 0.522. The number of pyridine rings is 2. The van der Waals surface area contributed by atoms with Gasteiger partial charge in [-0.15, -0.1) is 0 Å². The highest BCUT2D eigenvalue weighted by Gasteiger charge is 2.40. The quantitative estimate of drug-likeness (QED) is 0.818. The number of piperidine rings is 1. The number of anilines is 4. The topological polar surface area (TPSA) is 64.6 Å². The molecule has 1 N–H and O–H groups in total. The second kappa shape index (κ2) is 7.45. The number of hydrogen-bond donors (Lipinski definition) is 1. The lowest BCUT2D eigenvalue weighted by Gasteiger charge is -2.37. The van der Waals surface area contributed by atoms with Crippen molar-refractivity contribution in [2.75, 3.05) is 46.2 Å². The summed E-state index contributed by atoms with van der Waals surface area (Å²) in [4.78, 5) is 29.5. The van der Waals surface area contributed by atoms with Gasteiger partial charge in [0.1, 0.15) is 11.6 Å². The number of amides is 2. The van der Waals surface area contributed by atoms with Gasteiger partial charge in [0.25, 0.3) is 0 Å². The molecule has 2 atom stereocenters. The van der Waals surface area contributed by atoms with Gasteiger partial charge < -0.3 is 9.80 Å². The van der Waals surface area contributed by atoms with E-state index in [1.807, 2.05) is 30.9 Å². The average Bonchev–Trinajstić information content (AvgIpc) is 3.11. The highest BCUT2D eigenvalue weighted by molar-refractivity contribution is 6.04. The Morgan fingerprint density at radius 2 is 1.93 bits per heavy atom. The van der Waals surface area contributed by atoms with Gasteiger partial charge in [0.2, 0.25) is 0 Å². The van der Waals surface area contributed by atoms with Crippen molar-refractivity contribution in [1.29, 1.82) is 0 Å². The Hall–Kier alpha value is -2.83. The van der Waals surface area contributed by atoms with E-state index in [1.54, 1.807) is 0 Å². The number of urea groups is 1. The van der Waals surface area contributed by atoms with Crippen molar-refractivity contribution >= 4 is 29.2 Å². The van der Waals surface area contributed by atoms with Gasteiger partial charge in [-0.2, -0.15) is 0 Å². The molecule has 30 heavy (non-hydrogen) atoms. The van der Waals surface area contributed by atoms with Crippen LogP contribution in [0.5, 0.6) is 0 Å². The maximum absolute atomic E-state index is 13.4. The maximum Gasteiger partial charge on any atom is 0.329 e. The first-order chi connectivity index (χ1) is 14.5. The number of nitrogens with one attached hydrogen (secondary N) is 1. The van der Waals surface area contributed by atoms with Crippen molar-refractivity contribution in [2.24, 2.45) is 5.92 Å². The molecule has 1 unspecified atom stereocenters. The smallest absolute Gasteiger partial charge is 0.329 e. The number of nitrogens with zero attached hydrogens (tertiary/aromatic N) is 5. The summed E-state index contributed by atoms with van der Waals surface area (Å²) in [6, 6.07) is 8.19. The summed E-state index contributed by atoms with van der Waals surface area (Å²) in [5, 5.41) is 3.03. The number of hydrogen-bond acceptors (Lipinski definition) is 5. The van der Waals surface area contributed by atoms with E-state index in [9.17, 15) is 4.79 Å². The molecule has 2 saturated heterocycles. The molecule has 2 amide bonds. The molecule has 0 radical (unpaired) electrons. The van der Waals surface area contributed by atoms with E-state index < -0.39 is 0 Å². The second-order valence-electron chi connectivity index (χ2n) is 9.07. The number of carbonyl (C=O) groups is 1. The third kappa shape index (κ3) is 3.46. The Morgan fingerprint density at radius 1 is 1.07 bits per heavy atom. The summed E-state index contributed by atoms with van der Waals surface area (Å²) >= 11 is 0. The van der Waals surface area contributed by atoms with E-state index in [2.05, 4.69) is 39.2 Å². The van der Waals surface area contributed by atoms with Crippen molar-refractivity contribution in [3.8, 4) is 0 Å². The van der Waals surface area contributed by atoms with Crippen LogP contribution in [0.3, 0.4) is 0 Å². The molecule has 2 fully saturated rings. The molecule has 2 bridgehead atoms. The zero-order chi connectivity index (χ0) is 20.8. The van der Waals surface area contributed by atoms with Crippen LogP contribution in [-0.2, 0) is 0 Å². The highest BCUT2D eigenvalue weighted by Crippen LogP contribution is 2.40. The maximum atomic E-state index is 13.4. The molecule has 3 aliphatic heterocycles. The van der Waals surface area contributed by atoms with Crippen LogP contribution in [0, 0.1) is 19.8 Å². The fourth-order valence-electron chi connectivity index (χ4n) is 5.11. The van der Waals surface area contributed by atoms with E-state index in [0.29, 0.717) is 11.7 Å². The molecule has 5 heterocycles. The Balaban J connectivity index is 1.47. The average molecular weight is 407 g/mol. The van der Waals surface area contributed by atoms with Crippen molar-refractivity contribution in [2.45, 2.75) is 46.1 Å². The molecule has 7 nitrogen and oxygen atoms in total. The minimum absolute atomic E-state index is 0.142. The molecule has 0 aromatic carbocycles. The van der Waals surface area contributed by atoms with Crippen LogP contribution in [-0.4, -0.2) is 48.2 Å². The minimum Gasteiger partial charge on any atom is -0.366 e. The number of rotatable bonds is 2. The fourth-order valence-corrected chi connectivity index (χ4v) is 5.11. The summed E-state index contributed by atoms with van der Waals surface area (Å²) in [5.41, 5.74) is 3.04. The third-order valence-electron chi connectivity index (χ3n) is 6.47. The third-order valence-corrected chi connectivity index (χ3v) is 6.47. The summed E-state index contributed by atoms with van der Waals surface area (Å²) in [7, 11) is 0. The Kier molecular flexibility index (Phi) is 4.76. The van der Waals surface area contributed by atoms with Crippen LogP contribution in [0.1, 0.15) is 37.4 Å². The molecular formula is C23H30N6O. The standard InChI is InChI=1S/C23H30N6O/c1-15-5-4-9-28(13-15)21-7-6-19-22(26-21)29(18-8-10-27(19)14-18)23(30)25-20-12-16(2)11-17(3)24-20/h6-7,11-12,15,18H,4-5,8-10,13-14H2,1-3H3,(H,24,25,30)/t15?,18-/m0/s1. The number of carbonyl (C=O) groups excluding carboxylic acids is 1. The highest BCUT2D eigenvalue weighted by atomic mass is 16.2. The van der Waals surface area contributed by atoms with Gasteiger partial charge in [0, 0.05) is 31.9 Å². The Labute approximate surface area is 178 Å². The van der Waals surface area contributed by atoms with Crippen LogP contribution in [0.2, 0.25) is 0 Å². The molecule has 7 heteroatoms. The zero-order valence-electron chi connectivity index (χ0n) is 18.1. The van der Waals surface area contributed by atoms with E-state index in [1.165, 1.54) is 12.8 Å². The lowest BCUT2D eigenvalue weighted by molar-refractivity contribution is 0.254. The van der Waals surface area contributed by atoms with Gasteiger partial charge >= 0.3 is 6.03 Å². The Bertz CT molecular complexity index is 956. The summed E-state index contributed by atoms with van der Waals surface area (Å²) < 4.78 is 0. The first-order valence-corrected chi connectivity index (χ1v) is 11.0. The van der Waals surface area contributed by atoms with Gasteiger partial charge in [-0.25, -0.2) is 14.8 Å². The molecular weight excluding hydrogens is 376 g/mol. The molecule has 2 aromatic heterocycles. The molecule has 2 aromatic rings. The number of aromatic nitrogens is 2. The van der Waals surface area contributed by atoms with E-state index in [4.69, 9.17) is 4.98 Å². The number of fused-ring (bicyclic) bond motifs is 4. The van der Waals surface area contributed by atoms with Crippen molar-refractivity contribution in [3.63, 3.8) is 0 Å². The van der Waals surface area contributed by atoms with Crippen LogP contribution < -0.4 is 20.0 Å². The van der Waals surface area contributed by atoms with Crippen molar-refractivity contribution in [3.05, 3.63) is 35.5 Å². The zero-order valence-corrected chi connectivity index (χ0v) is 18.1. The SMILES string of the molecule is Cc1cc(C)nc(NC(=O)N2c3nc(N4CCCC(C)C4)ccc3N3CC[C@H]2C3)c1. The molecule has 0 spiro atoms. The normalized spacial score (nSPS) is 22.8. The van der Waals surface area contributed by atoms with E-state index in [0.717, 1.165) is 61.2 Å². The summed E-state index contributed by atoms with van der Waals surface area (Å²) in [6.07, 6.45) is 3.42. The van der Waals surface area contributed by atoms with E-state index in [-0.39, 0.29) is 12.1 Å². The van der Waals surface area contributed by atoms with Gasteiger partial charge in [-0.3, -0.25) is 10.2 Å². The molecule has 5 rings (SSSR count). The lowest BCUT2D eigenvalue weighted by Crippen LogP contribution is -2.48. The first kappa shape index (κ1) is 19.2. The van der Waals surface area contributed by atoms with Gasteiger partial charge in [0.15, 0.2) is 5.82 Å². The van der Waals surface area contributed by atoms with E-state index >= 15 is 0 Å². The summed E-state index contributed by atoms with van der Waals surface area (Å²) in [5.74, 6) is 3.03. The summed E-state index contributed by atoms with van der Waals surface area (Å²) in [6.45, 7) is 10.1. The van der Waals surface area contributed by atoms with Crippen molar-refractivity contribution < 1.29 is 4.79 Å². The second-order valence-corrected chi connectivity index (χ2v) is 9.07. The van der Waals surface area contributed by atoms with Crippen molar-refractivity contribution in [1.82, 2.24) is 9.97 Å². The number of aryl methyl sites for hydroxylation is 2. The van der Waals surface area contributed by atoms with Crippen LogP contribution in [0.15, 0.2) is 24.3 Å². The molecule has 0 saturated carbocycles. The lowest BCUT2D eigenvalue weighted by atomic mass is 10.0. The van der Waals surface area contributed by atoms with Gasteiger partial charge in [0.05, 0.1) is 11.7 Å². The minimum atomic E-state index is -0.142. The van der Waals surface area contributed by atoms with Gasteiger partial charge in [-0.1, -0.05) is 6.92 Å². The molecule has 0 aliphatic carbocycles. The molecule has 3 aliphatic rings. The largest absolute Gasteiger partial charge is 0.366 e. The van der Waals surface area contributed by atoms with Crippen LogP contribution in [0.25, 0.3) is 0 Å². The first-order valence-electron chi connectivity index (χ1n) is 11.0. The van der Waals surface area contributed by atoms with Crippen LogP contribution in [0.4, 0.5) is 27.9 Å².